The highest BCUT2D eigenvalue weighted by molar-refractivity contribution is 6.16. The first-order chi connectivity index (χ1) is 7.81. The fraction of sp³-hybridized carbons (Fsp3) is 0.273. The summed E-state index contributed by atoms with van der Waals surface area (Å²) in [4.78, 5) is 23.0. The Labute approximate surface area is 97.2 Å². The number of carbonyl (C=O) groups is 2. The van der Waals surface area contributed by atoms with E-state index in [-0.39, 0.29) is 5.56 Å². The van der Waals surface area contributed by atoms with E-state index in [4.69, 9.17) is 16.6 Å². The topological polar surface area (TPSA) is 106 Å². The number of ketones is 1. The lowest BCUT2D eigenvalue weighted by atomic mass is 9.84. The Hall–Kier alpha value is -1.79. The van der Waals surface area contributed by atoms with E-state index in [0.29, 0.717) is 0 Å². The van der Waals surface area contributed by atoms with Crippen molar-refractivity contribution >= 4 is 11.8 Å². The van der Waals surface area contributed by atoms with Gasteiger partial charge in [-0.15, -0.1) is 0 Å². The largest absolute Gasteiger partial charge is 0.479 e. The second-order valence-electron chi connectivity index (χ2n) is 3.77. The smallest absolute Gasteiger partial charge is 0.333 e. The molecule has 92 valence electrons. The number of Topliss-reactive ketones (excluding diaryl/α,β-unsaturated/α-hetero) is 1. The van der Waals surface area contributed by atoms with Crippen molar-refractivity contribution in [2.75, 3.05) is 0 Å². The first-order valence-electron chi connectivity index (χ1n) is 4.89. The van der Waals surface area contributed by atoms with Crippen LogP contribution in [0.2, 0.25) is 0 Å². The van der Waals surface area contributed by atoms with Gasteiger partial charge in [-0.2, -0.15) is 0 Å². The second kappa shape index (κ2) is 4.60. The number of hydrogen-bond acceptors (Lipinski definition) is 4. The fourth-order valence-corrected chi connectivity index (χ4v) is 1.37. The number of carbonyl (C=O) groups excluding carboxylic acids is 1. The summed E-state index contributed by atoms with van der Waals surface area (Å²) in [6.45, 7) is 1.28. The summed E-state index contributed by atoms with van der Waals surface area (Å²) >= 11 is 0. The van der Waals surface area contributed by atoms with Crippen LogP contribution in [0.4, 0.5) is 4.39 Å². The molecule has 0 radical (unpaired) electrons. The quantitative estimate of drug-likeness (QED) is 0.512. The molecule has 5 N–H and O–H groups in total. The molecule has 0 heterocycles. The van der Waals surface area contributed by atoms with Gasteiger partial charge in [0.25, 0.3) is 0 Å². The van der Waals surface area contributed by atoms with Gasteiger partial charge in [0.2, 0.25) is 0 Å². The molecule has 0 bridgehead atoms. The molecule has 0 fully saturated rings. The van der Waals surface area contributed by atoms with E-state index in [1.165, 1.54) is 25.1 Å². The van der Waals surface area contributed by atoms with Gasteiger partial charge in [-0.25, -0.2) is 9.18 Å². The number of hydrogen-bond donors (Lipinski definition) is 3. The lowest BCUT2D eigenvalue weighted by molar-refractivity contribution is -0.141. The predicted molar refractivity (Wildman–Crippen MR) is 58.9 cm³/mol. The summed E-state index contributed by atoms with van der Waals surface area (Å²) in [5.41, 5.74) is 8.19. The van der Waals surface area contributed by atoms with Crippen molar-refractivity contribution in [3.8, 4) is 0 Å². The molecule has 6 heteroatoms. The van der Waals surface area contributed by atoms with E-state index in [1.807, 2.05) is 0 Å². The zero-order valence-corrected chi connectivity index (χ0v) is 9.18. The molecular weight excluding hydrogens is 227 g/mol. The van der Waals surface area contributed by atoms with Crippen LogP contribution in [-0.2, 0) is 4.79 Å². The number of aliphatic carboxylic acids is 1. The molecule has 1 rings (SSSR count). The van der Waals surface area contributed by atoms with Gasteiger partial charge in [0.1, 0.15) is 5.82 Å². The Bertz CT molecular complexity index is 462. The maximum atomic E-state index is 13.4. The van der Waals surface area contributed by atoms with Gasteiger partial charge in [0.15, 0.2) is 11.3 Å². The standard InChI is InChI=1S/C11H13FN2O3/c1-6(13)11(14,10(16)17)9(15)7-4-2-3-5-8(7)12/h2-6H,13-14H2,1H3,(H,16,17). The third kappa shape index (κ3) is 2.17. The van der Waals surface area contributed by atoms with Gasteiger partial charge in [-0.05, 0) is 19.1 Å². The number of carboxylic acid groups (broad SMARTS) is 1. The summed E-state index contributed by atoms with van der Waals surface area (Å²) in [5.74, 6) is -3.45. The highest BCUT2D eigenvalue weighted by atomic mass is 19.1. The molecule has 2 atom stereocenters. The van der Waals surface area contributed by atoms with Gasteiger partial charge >= 0.3 is 5.97 Å². The summed E-state index contributed by atoms with van der Waals surface area (Å²) in [7, 11) is 0. The third-order valence-electron chi connectivity index (χ3n) is 2.57. The molecular formula is C11H13FN2O3. The third-order valence-corrected chi connectivity index (χ3v) is 2.57. The number of carboxylic acids is 1. The molecule has 1 aromatic carbocycles. The lowest BCUT2D eigenvalue weighted by Crippen LogP contribution is -2.65. The van der Waals surface area contributed by atoms with Crippen LogP contribution < -0.4 is 11.5 Å². The van der Waals surface area contributed by atoms with Crippen LogP contribution in [0.1, 0.15) is 17.3 Å². The van der Waals surface area contributed by atoms with Crippen molar-refractivity contribution in [3.05, 3.63) is 35.6 Å². The highest BCUT2D eigenvalue weighted by Gasteiger charge is 2.46. The average Bonchev–Trinajstić information content (AvgIpc) is 2.27. The molecule has 0 aliphatic carbocycles. The molecule has 0 aliphatic rings. The molecule has 0 saturated heterocycles. The molecule has 0 amide bonds. The van der Waals surface area contributed by atoms with Crippen molar-refractivity contribution in [2.24, 2.45) is 11.5 Å². The SMILES string of the molecule is CC(N)C(N)(C(=O)O)C(=O)c1ccccc1F. The lowest BCUT2D eigenvalue weighted by Gasteiger charge is -2.27. The van der Waals surface area contributed by atoms with Crippen molar-refractivity contribution in [3.63, 3.8) is 0 Å². The molecule has 0 saturated carbocycles. The molecule has 17 heavy (non-hydrogen) atoms. The Kier molecular flexibility index (Phi) is 3.59. The van der Waals surface area contributed by atoms with Crippen molar-refractivity contribution in [2.45, 2.75) is 18.5 Å². The summed E-state index contributed by atoms with van der Waals surface area (Å²) < 4.78 is 13.4. The van der Waals surface area contributed by atoms with Crippen LogP contribution in [0.25, 0.3) is 0 Å². The van der Waals surface area contributed by atoms with E-state index in [0.717, 1.165) is 6.07 Å². The zero-order valence-electron chi connectivity index (χ0n) is 9.18. The fourth-order valence-electron chi connectivity index (χ4n) is 1.37. The van der Waals surface area contributed by atoms with Crippen molar-refractivity contribution in [1.82, 2.24) is 0 Å². The molecule has 0 aromatic heterocycles. The zero-order chi connectivity index (χ0) is 13.2. The normalized spacial score (nSPS) is 16.0. The number of benzene rings is 1. The molecule has 5 nitrogen and oxygen atoms in total. The Balaban J connectivity index is 3.28. The van der Waals surface area contributed by atoms with Gasteiger partial charge in [-0.3, -0.25) is 4.79 Å². The van der Waals surface area contributed by atoms with E-state index in [1.54, 1.807) is 0 Å². The van der Waals surface area contributed by atoms with E-state index < -0.39 is 29.2 Å². The molecule has 1 aromatic rings. The Morgan fingerprint density at radius 2 is 1.94 bits per heavy atom. The van der Waals surface area contributed by atoms with E-state index in [9.17, 15) is 14.0 Å². The minimum atomic E-state index is -2.33. The van der Waals surface area contributed by atoms with Crippen LogP contribution >= 0.6 is 0 Å². The van der Waals surface area contributed by atoms with Gasteiger partial charge < -0.3 is 16.6 Å². The number of nitrogens with two attached hydrogens (primary N) is 2. The second-order valence-corrected chi connectivity index (χ2v) is 3.77. The highest BCUT2D eigenvalue weighted by Crippen LogP contribution is 2.17. The van der Waals surface area contributed by atoms with Crippen molar-refractivity contribution < 1.29 is 19.1 Å². The first kappa shape index (κ1) is 13.3. The minimum Gasteiger partial charge on any atom is -0.479 e. The summed E-state index contributed by atoms with van der Waals surface area (Å²) in [6.07, 6.45) is 0. The number of rotatable bonds is 4. The van der Waals surface area contributed by atoms with Gasteiger partial charge in [0, 0.05) is 6.04 Å². The average molecular weight is 240 g/mol. The van der Waals surface area contributed by atoms with E-state index >= 15 is 0 Å². The monoisotopic (exact) mass is 240 g/mol. The van der Waals surface area contributed by atoms with Gasteiger partial charge in [-0.1, -0.05) is 12.1 Å². The van der Waals surface area contributed by atoms with Gasteiger partial charge in [0.05, 0.1) is 5.56 Å². The summed E-state index contributed by atoms with van der Waals surface area (Å²) in [6, 6.07) is 3.88. The first-order valence-corrected chi connectivity index (χ1v) is 4.89. The maximum absolute atomic E-state index is 13.4. The molecule has 0 aliphatic heterocycles. The van der Waals surface area contributed by atoms with Crippen LogP contribution in [0.15, 0.2) is 24.3 Å². The van der Waals surface area contributed by atoms with Crippen LogP contribution in [0.5, 0.6) is 0 Å². The Morgan fingerprint density at radius 3 is 2.35 bits per heavy atom. The Morgan fingerprint density at radius 1 is 1.41 bits per heavy atom. The minimum absolute atomic E-state index is 0.380. The van der Waals surface area contributed by atoms with Crippen molar-refractivity contribution in [1.29, 1.82) is 0 Å². The molecule has 2 unspecified atom stereocenters. The number of halogens is 1. The van der Waals surface area contributed by atoms with Crippen LogP contribution in [-0.4, -0.2) is 28.4 Å². The molecule has 0 spiro atoms. The van der Waals surface area contributed by atoms with E-state index in [2.05, 4.69) is 0 Å². The maximum Gasteiger partial charge on any atom is 0.333 e. The van der Waals surface area contributed by atoms with Crippen LogP contribution in [0.3, 0.4) is 0 Å². The predicted octanol–water partition coefficient (Wildman–Crippen LogP) is 0.138. The summed E-state index contributed by atoms with van der Waals surface area (Å²) in [5, 5.41) is 8.98. The van der Waals surface area contributed by atoms with Crippen LogP contribution in [0, 0.1) is 5.82 Å².